The van der Waals surface area contributed by atoms with Gasteiger partial charge in [0, 0.05) is 25.7 Å². The molecule has 3 aliphatic heterocycles. The SMILES string of the molecule is CC1CCN(C2CNCCC2CN2CCCC(C)C2)CC1. The van der Waals surface area contributed by atoms with Crippen LogP contribution in [0.2, 0.25) is 0 Å². The minimum Gasteiger partial charge on any atom is -0.315 e. The molecule has 0 aliphatic carbocycles. The lowest BCUT2D eigenvalue weighted by Gasteiger charge is -2.45. The van der Waals surface area contributed by atoms with Crippen molar-refractivity contribution in [3.8, 4) is 0 Å². The molecule has 3 saturated heterocycles. The Morgan fingerprint density at radius 2 is 1.76 bits per heavy atom. The summed E-state index contributed by atoms with van der Waals surface area (Å²) in [6.07, 6.45) is 7.05. The molecule has 0 aromatic carbocycles. The molecule has 0 spiro atoms. The van der Waals surface area contributed by atoms with E-state index < -0.39 is 0 Å². The van der Waals surface area contributed by atoms with Crippen molar-refractivity contribution >= 4 is 0 Å². The van der Waals surface area contributed by atoms with Gasteiger partial charge in [0.15, 0.2) is 0 Å². The lowest BCUT2D eigenvalue weighted by Crippen LogP contribution is -2.56. The summed E-state index contributed by atoms with van der Waals surface area (Å²) in [5.41, 5.74) is 0. The van der Waals surface area contributed by atoms with Crippen LogP contribution in [0.15, 0.2) is 0 Å². The standard InChI is InChI=1S/C18H35N3/c1-15-6-10-21(11-7-15)18-12-19-8-5-17(18)14-20-9-3-4-16(2)13-20/h15-19H,3-14H2,1-2H3. The van der Waals surface area contributed by atoms with Crippen LogP contribution in [-0.4, -0.2) is 61.7 Å². The molecule has 3 atom stereocenters. The van der Waals surface area contributed by atoms with Gasteiger partial charge in [-0.2, -0.15) is 0 Å². The highest BCUT2D eigenvalue weighted by Gasteiger charge is 2.33. The quantitative estimate of drug-likeness (QED) is 0.862. The smallest absolute Gasteiger partial charge is 0.0261 e. The Morgan fingerprint density at radius 3 is 2.52 bits per heavy atom. The lowest BCUT2D eigenvalue weighted by molar-refractivity contribution is 0.0521. The number of nitrogens with one attached hydrogen (secondary N) is 1. The van der Waals surface area contributed by atoms with Gasteiger partial charge in [0.25, 0.3) is 0 Å². The molecule has 0 aromatic heterocycles. The molecule has 21 heavy (non-hydrogen) atoms. The third-order valence-corrected chi connectivity index (χ3v) is 6.11. The molecule has 0 radical (unpaired) electrons. The number of hydrogen-bond donors (Lipinski definition) is 1. The van der Waals surface area contributed by atoms with Gasteiger partial charge >= 0.3 is 0 Å². The Morgan fingerprint density at radius 1 is 0.952 bits per heavy atom. The van der Waals surface area contributed by atoms with Crippen LogP contribution in [0.25, 0.3) is 0 Å². The maximum atomic E-state index is 3.66. The average Bonchev–Trinajstić information content (AvgIpc) is 2.49. The molecule has 122 valence electrons. The predicted octanol–water partition coefficient (Wildman–Crippen LogP) is 2.43. The van der Waals surface area contributed by atoms with Crippen LogP contribution >= 0.6 is 0 Å². The van der Waals surface area contributed by atoms with Crippen molar-refractivity contribution in [1.29, 1.82) is 0 Å². The summed E-state index contributed by atoms with van der Waals surface area (Å²) in [5, 5.41) is 3.66. The maximum Gasteiger partial charge on any atom is 0.0261 e. The molecule has 0 saturated carbocycles. The van der Waals surface area contributed by atoms with Gasteiger partial charge in [-0.3, -0.25) is 4.90 Å². The van der Waals surface area contributed by atoms with Crippen LogP contribution in [0.4, 0.5) is 0 Å². The van der Waals surface area contributed by atoms with Gasteiger partial charge in [0.05, 0.1) is 0 Å². The molecular weight excluding hydrogens is 258 g/mol. The fourth-order valence-corrected chi connectivity index (χ4v) is 4.68. The van der Waals surface area contributed by atoms with Gasteiger partial charge in [0.1, 0.15) is 0 Å². The molecule has 3 aliphatic rings. The lowest BCUT2D eigenvalue weighted by atomic mass is 9.87. The maximum absolute atomic E-state index is 3.66. The first kappa shape index (κ1) is 15.8. The van der Waals surface area contributed by atoms with E-state index in [1.807, 2.05) is 0 Å². The van der Waals surface area contributed by atoms with Gasteiger partial charge in [-0.05, 0) is 76.0 Å². The van der Waals surface area contributed by atoms with E-state index in [0.29, 0.717) is 0 Å². The van der Waals surface area contributed by atoms with Crippen LogP contribution in [0.5, 0.6) is 0 Å². The second-order valence-electron chi connectivity index (χ2n) is 8.05. The highest BCUT2D eigenvalue weighted by atomic mass is 15.2. The van der Waals surface area contributed by atoms with Crippen molar-refractivity contribution in [1.82, 2.24) is 15.1 Å². The molecule has 3 unspecified atom stereocenters. The molecule has 0 aromatic rings. The first-order valence-electron chi connectivity index (χ1n) is 9.39. The minimum atomic E-state index is 0.795. The zero-order chi connectivity index (χ0) is 14.7. The Hall–Kier alpha value is -0.120. The fraction of sp³-hybridized carbons (Fsp3) is 1.00. The van der Waals surface area contributed by atoms with E-state index in [1.54, 1.807) is 0 Å². The Kier molecular flexibility index (Phi) is 5.58. The van der Waals surface area contributed by atoms with E-state index >= 15 is 0 Å². The van der Waals surface area contributed by atoms with Crippen molar-refractivity contribution in [2.24, 2.45) is 17.8 Å². The van der Waals surface area contributed by atoms with Crippen molar-refractivity contribution in [2.75, 3.05) is 45.8 Å². The number of rotatable bonds is 3. The van der Waals surface area contributed by atoms with Gasteiger partial charge in [0.2, 0.25) is 0 Å². The fourth-order valence-electron chi connectivity index (χ4n) is 4.68. The summed E-state index contributed by atoms with van der Waals surface area (Å²) in [4.78, 5) is 5.58. The topological polar surface area (TPSA) is 18.5 Å². The molecule has 3 heterocycles. The Labute approximate surface area is 131 Å². The second kappa shape index (κ2) is 7.43. The van der Waals surface area contributed by atoms with Crippen LogP contribution in [-0.2, 0) is 0 Å². The number of hydrogen-bond acceptors (Lipinski definition) is 3. The molecule has 3 heteroatoms. The average molecular weight is 293 g/mol. The highest BCUT2D eigenvalue weighted by Crippen LogP contribution is 2.26. The predicted molar refractivity (Wildman–Crippen MR) is 89.6 cm³/mol. The summed E-state index contributed by atoms with van der Waals surface area (Å²) < 4.78 is 0. The molecular formula is C18H35N3. The van der Waals surface area contributed by atoms with Crippen LogP contribution in [0, 0.1) is 17.8 Å². The summed E-state index contributed by atoms with van der Waals surface area (Å²) in [6, 6.07) is 0.795. The van der Waals surface area contributed by atoms with E-state index in [4.69, 9.17) is 0 Å². The van der Waals surface area contributed by atoms with Crippen molar-refractivity contribution in [2.45, 2.75) is 52.0 Å². The van der Waals surface area contributed by atoms with Gasteiger partial charge in [-0.15, -0.1) is 0 Å². The summed E-state index contributed by atoms with van der Waals surface area (Å²) >= 11 is 0. The minimum absolute atomic E-state index is 0.795. The van der Waals surface area contributed by atoms with Crippen LogP contribution < -0.4 is 5.32 Å². The first-order valence-corrected chi connectivity index (χ1v) is 9.39. The third kappa shape index (κ3) is 4.20. The van der Waals surface area contributed by atoms with E-state index in [9.17, 15) is 0 Å². The summed E-state index contributed by atoms with van der Waals surface area (Å²) in [5.74, 6) is 2.75. The largest absolute Gasteiger partial charge is 0.315 e. The number of nitrogens with zero attached hydrogens (tertiary/aromatic N) is 2. The summed E-state index contributed by atoms with van der Waals surface area (Å²) in [7, 11) is 0. The van der Waals surface area contributed by atoms with Gasteiger partial charge < -0.3 is 10.2 Å². The molecule has 3 nitrogen and oxygen atoms in total. The molecule has 1 N–H and O–H groups in total. The van der Waals surface area contributed by atoms with Gasteiger partial charge in [-0.1, -0.05) is 13.8 Å². The summed E-state index contributed by atoms with van der Waals surface area (Å²) in [6.45, 7) is 14.0. The Balaban J connectivity index is 1.56. The highest BCUT2D eigenvalue weighted by molar-refractivity contribution is 4.90. The monoisotopic (exact) mass is 293 g/mol. The van der Waals surface area contributed by atoms with E-state index in [-0.39, 0.29) is 0 Å². The zero-order valence-electron chi connectivity index (χ0n) is 14.2. The second-order valence-corrected chi connectivity index (χ2v) is 8.05. The number of piperidine rings is 3. The van der Waals surface area contributed by atoms with Crippen molar-refractivity contribution < 1.29 is 0 Å². The van der Waals surface area contributed by atoms with E-state index in [1.165, 1.54) is 77.9 Å². The Bertz CT molecular complexity index is 312. The van der Waals surface area contributed by atoms with E-state index in [0.717, 1.165) is 23.8 Å². The van der Waals surface area contributed by atoms with Crippen LogP contribution in [0.1, 0.15) is 46.0 Å². The van der Waals surface area contributed by atoms with Crippen LogP contribution in [0.3, 0.4) is 0 Å². The normalized spacial score (nSPS) is 37.7. The van der Waals surface area contributed by atoms with Gasteiger partial charge in [-0.25, -0.2) is 0 Å². The first-order chi connectivity index (χ1) is 10.2. The molecule has 3 rings (SSSR count). The zero-order valence-corrected chi connectivity index (χ0v) is 14.2. The van der Waals surface area contributed by atoms with Crippen molar-refractivity contribution in [3.05, 3.63) is 0 Å². The number of likely N-dealkylation sites (tertiary alicyclic amines) is 2. The van der Waals surface area contributed by atoms with E-state index in [2.05, 4.69) is 29.0 Å². The molecule has 0 bridgehead atoms. The molecule has 3 fully saturated rings. The van der Waals surface area contributed by atoms with Crippen molar-refractivity contribution in [3.63, 3.8) is 0 Å². The molecule has 0 amide bonds. The third-order valence-electron chi connectivity index (χ3n) is 6.11.